The highest BCUT2D eigenvalue weighted by molar-refractivity contribution is 5.75. The fourth-order valence-corrected chi connectivity index (χ4v) is 5.15. The Balaban J connectivity index is 1.32. The van der Waals surface area contributed by atoms with E-state index in [1.54, 1.807) is 16.8 Å². The summed E-state index contributed by atoms with van der Waals surface area (Å²) < 4.78 is 27.6. The zero-order valence-corrected chi connectivity index (χ0v) is 22.5. The SMILES string of the molecule is Nc1nc2ccn([C@@H]3O[C@H](COCc4ccccc4)[C@@H](OCc4ccccc4)[C@@H]3OCc3ccccc3)c2c(=O)[nH]1. The molecule has 1 saturated heterocycles. The Morgan fingerprint density at radius 3 is 1.95 bits per heavy atom. The number of aromatic amines is 1. The number of aromatic nitrogens is 3. The molecule has 9 heteroatoms. The fourth-order valence-electron chi connectivity index (χ4n) is 5.15. The van der Waals surface area contributed by atoms with Crippen LogP contribution in [0.4, 0.5) is 5.95 Å². The summed E-state index contributed by atoms with van der Waals surface area (Å²) in [6.07, 6.45) is -0.410. The lowest BCUT2D eigenvalue weighted by Crippen LogP contribution is -2.38. The first-order chi connectivity index (χ1) is 20.2. The largest absolute Gasteiger partial charge is 0.374 e. The van der Waals surface area contributed by atoms with Gasteiger partial charge in [0.2, 0.25) is 5.95 Å². The van der Waals surface area contributed by atoms with E-state index in [-0.39, 0.29) is 18.1 Å². The molecule has 4 atom stereocenters. The minimum Gasteiger partial charge on any atom is -0.374 e. The summed E-state index contributed by atoms with van der Waals surface area (Å²) in [5.41, 5.74) is 9.38. The topological polar surface area (TPSA) is 114 Å². The van der Waals surface area contributed by atoms with Gasteiger partial charge in [-0.05, 0) is 22.8 Å². The van der Waals surface area contributed by atoms with E-state index >= 15 is 0 Å². The molecule has 1 aliphatic rings. The molecule has 3 N–H and O–H groups in total. The van der Waals surface area contributed by atoms with Gasteiger partial charge in [-0.3, -0.25) is 9.78 Å². The Kier molecular flexibility index (Phi) is 8.20. The molecule has 0 saturated carbocycles. The van der Waals surface area contributed by atoms with Gasteiger partial charge in [0.15, 0.2) is 6.23 Å². The Morgan fingerprint density at radius 1 is 0.780 bits per heavy atom. The molecular weight excluding hydrogens is 520 g/mol. The molecule has 0 radical (unpaired) electrons. The molecule has 210 valence electrons. The first kappa shape index (κ1) is 26.9. The molecule has 1 aliphatic heterocycles. The second-order valence-corrected chi connectivity index (χ2v) is 10.00. The van der Waals surface area contributed by atoms with Gasteiger partial charge in [0.1, 0.15) is 23.8 Å². The number of hydrogen-bond acceptors (Lipinski definition) is 7. The van der Waals surface area contributed by atoms with Crippen LogP contribution in [0.25, 0.3) is 11.0 Å². The van der Waals surface area contributed by atoms with Crippen molar-refractivity contribution in [2.45, 2.75) is 44.4 Å². The highest BCUT2D eigenvalue weighted by Crippen LogP contribution is 2.36. The van der Waals surface area contributed by atoms with Crippen molar-refractivity contribution in [3.05, 3.63) is 130 Å². The van der Waals surface area contributed by atoms with Gasteiger partial charge in [0, 0.05) is 6.20 Å². The van der Waals surface area contributed by atoms with Crippen LogP contribution in [0.2, 0.25) is 0 Å². The van der Waals surface area contributed by atoms with Crippen LogP contribution in [0.15, 0.2) is 108 Å². The first-order valence-electron chi connectivity index (χ1n) is 13.6. The minimum absolute atomic E-state index is 0.0562. The average Bonchev–Trinajstić information content (AvgIpc) is 3.57. The number of nitrogens with zero attached hydrogens (tertiary/aromatic N) is 2. The Hall–Kier alpha value is -4.28. The number of nitrogens with one attached hydrogen (secondary N) is 1. The molecule has 5 aromatic rings. The fraction of sp³-hybridized carbons (Fsp3) is 0.250. The number of nitrogen functional groups attached to an aromatic ring is 1. The lowest BCUT2D eigenvalue weighted by molar-refractivity contribution is -0.0913. The number of benzene rings is 3. The van der Waals surface area contributed by atoms with E-state index in [4.69, 9.17) is 24.7 Å². The maximum Gasteiger partial charge on any atom is 0.276 e. The number of rotatable bonds is 11. The molecule has 2 aromatic heterocycles. The summed E-state index contributed by atoms with van der Waals surface area (Å²) in [5.74, 6) is 0.0562. The highest BCUT2D eigenvalue weighted by Gasteiger charge is 2.48. The number of ether oxygens (including phenoxy) is 4. The van der Waals surface area contributed by atoms with E-state index in [9.17, 15) is 4.79 Å². The average molecular weight is 553 g/mol. The van der Waals surface area contributed by atoms with Crippen LogP contribution < -0.4 is 11.3 Å². The minimum atomic E-state index is -0.672. The van der Waals surface area contributed by atoms with E-state index in [1.165, 1.54) is 0 Å². The first-order valence-corrected chi connectivity index (χ1v) is 13.6. The molecular formula is C32H32N4O5. The molecule has 3 heterocycles. The van der Waals surface area contributed by atoms with E-state index < -0.39 is 24.5 Å². The van der Waals surface area contributed by atoms with Crippen molar-refractivity contribution in [3.8, 4) is 0 Å². The third-order valence-corrected chi connectivity index (χ3v) is 7.12. The summed E-state index contributed by atoms with van der Waals surface area (Å²) in [6, 6.07) is 31.6. The molecule has 0 spiro atoms. The number of H-pyrrole nitrogens is 1. The summed E-state index contributed by atoms with van der Waals surface area (Å²) >= 11 is 0. The molecule has 0 bridgehead atoms. The molecule has 0 aliphatic carbocycles. The monoisotopic (exact) mass is 552 g/mol. The van der Waals surface area contributed by atoms with Crippen molar-refractivity contribution in [3.63, 3.8) is 0 Å². The van der Waals surface area contributed by atoms with E-state index in [0.29, 0.717) is 30.9 Å². The van der Waals surface area contributed by atoms with Gasteiger partial charge in [0.25, 0.3) is 5.56 Å². The summed E-state index contributed by atoms with van der Waals surface area (Å²) in [6.45, 7) is 1.42. The summed E-state index contributed by atoms with van der Waals surface area (Å²) in [4.78, 5) is 19.9. The zero-order chi connectivity index (χ0) is 28.0. The van der Waals surface area contributed by atoms with Crippen molar-refractivity contribution in [1.29, 1.82) is 0 Å². The number of nitrogens with two attached hydrogens (primary N) is 1. The van der Waals surface area contributed by atoms with E-state index in [1.807, 2.05) is 91.0 Å². The smallest absolute Gasteiger partial charge is 0.276 e. The van der Waals surface area contributed by atoms with Gasteiger partial charge in [-0.1, -0.05) is 91.0 Å². The van der Waals surface area contributed by atoms with Crippen molar-refractivity contribution in [2.24, 2.45) is 0 Å². The third-order valence-electron chi connectivity index (χ3n) is 7.12. The maximum absolute atomic E-state index is 13.0. The van der Waals surface area contributed by atoms with Crippen molar-refractivity contribution in [2.75, 3.05) is 12.3 Å². The van der Waals surface area contributed by atoms with Crippen LogP contribution in [0.5, 0.6) is 0 Å². The second-order valence-electron chi connectivity index (χ2n) is 10.00. The highest BCUT2D eigenvalue weighted by atomic mass is 16.6. The third kappa shape index (κ3) is 6.23. The standard InChI is InChI=1S/C32H32N4O5/c33-32-34-25-16-17-36(27(25)30(37)35-32)31-29(40-20-24-14-8-3-9-15-24)28(39-19-23-12-6-2-7-13-23)26(41-31)21-38-18-22-10-4-1-5-11-22/h1-17,26,28-29,31H,18-21H2,(H3,33,34,35,37)/t26-,28-,29+,31-/m1/s1. The van der Waals surface area contributed by atoms with Gasteiger partial charge in [-0.25, -0.2) is 4.98 Å². The molecule has 3 aromatic carbocycles. The van der Waals surface area contributed by atoms with Crippen molar-refractivity contribution >= 4 is 17.0 Å². The lowest BCUT2D eigenvalue weighted by Gasteiger charge is -2.26. The quantitative estimate of drug-likeness (QED) is 0.246. The summed E-state index contributed by atoms with van der Waals surface area (Å²) in [7, 11) is 0. The van der Waals surface area contributed by atoms with Crippen LogP contribution in [-0.2, 0) is 38.8 Å². The van der Waals surface area contributed by atoms with E-state index in [2.05, 4.69) is 9.97 Å². The summed E-state index contributed by atoms with van der Waals surface area (Å²) in [5, 5.41) is 0. The maximum atomic E-state index is 13.0. The van der Waals surface area contributed by atoms with Crippen molar-refractivity contribution in [1.82, 2.24) is 14.5 Å². The molecule has 0 unspecified atom stereocenters. The predicted molar refractivity (Wildman–Crippen MR) is 155 cm³/mol. The van der Waals surface area contributed by atoms with E-state index in [0.717, 1.165) is 16.7 Å². The van der Waals surface area contributed by atoms with Crippen LogP contribution >= 0.6 is 0 Å². The van der Waals surface area contributed by atoms with Crippen molar-refractivity contribution < 1.29 is 18.9 Å². The van der Waals surface area contributed by atoms with Crippen LogP contribution in [-0.4, -0.2) is 39.5 Å². The lowest BCUT2D eigenvalue weighted by atomic mass is 10.1. The number of hydrogen-bond donors (Lipinski definition) is 2. The molecule has 9 nitrogen and oxygen atoms in total. The number of anilines is 1. The second kappa shape index (κ2) is 12.5. The Bertz CT molecular complexity index is 1610. The normalized spacial score (nSPS) is 20.5. The van der Waals surface area contributed by atoms with Crippen LogP contribution in [0.1, 0.15) is 22.9 Å². The van der Waals surface area contributed by atoms with Crippen LogP contribution in [0, 0.1) is 0 Å². The molecule has 6 rings (SSSR count). The van der Waals surface area contributed by atoms with Gasteiger partial charge in [-0.2, -0.15) is 0 Å². The molecule has 41 heavy (non-hydrogen) atoms. The van der Waals surface area contributed by atoms with Gasteiger partial charge in [0.05, 0.1) is 31.9 Å². The van der Waals surface area contributed by atoms with Gasteiger partial charge < -0.3 is 29.2 Å². The van der Waals surface area contributed by atoms with Gasteiger partial charge >= 0.3 is 0 Å². The molecule has 0 amide bonds. The Labute approximate surface area is 237 Å². The Morgan fingerprint density at radius 2 is 1.34 bits per heavy atom. The molecule has 1 fully saturated rings. The van der Waals surface area contributed by atoms with Crippen LogP contribution in [0.3, 0.4) is 0 Å². The number of fused-ring (bicyclic) bond motifs is 1. The van der Waals surface area contributed by atoms with Gasteiger partial charge in [-0.15, -0.1) is 0 Å². The predicted octanol–water partition coefficient (Wildman–Crippen LogP) is 4.59. The zero-order valence-electron chi connectivity index (χ0n) is 22.5.